The van der Waals surface area contributed by atoms with Gasteiger partial charge >= 0.3 is 0 Å². The maximum Gasteiger partial charge on any atom is 0.293 e. The van der Waals surface area contributed by atoms with E-state index in [1.807, 2.05) is 60.7 Å². The van der Waals surface area contributed by atoms with Gasteiger partial charge in [-0.3, -0.25) is 0 Å². The third-order valence-electron chi connectivity index (χ3n) is 3.50. The summed E-state index contributed by atoms with van der Waals surface area (Å²) in [5, 5.41) is 0. The second kappa shape index (κ2) is 6.76. The molecule has 3 rings (SSSR count). The highest BCUT2D eigenvalue weighted by atomic mass is 31.2. The predicted octanol–water partition coefficient (Wildman–Crippen LogP) is 5.40. The zero-order valence-corrected chi connectivity index (χ0v) is 12.3. The summed E-state index contributed by atoms with van der Waals surface area (Å²) in [6, 6.07) is 20.0. The Balaban J connectivity index is 1.73. The maximum absolute atomic E-state index is 6.14. The minimum atomic E-state index is -0.914. The van der Waals surface area contributed by atoms with E-state index in [1.54, 1.807) is 0 Å². The summed E-state index contributed by atoms with van der Waals surface area (Å²) in [5.74, 6) is 1.81. The molecule has 0 saturated heterocycles. The van der Waals surface area contributed by atoms with Crippen LogP contribution in [0.4, 0.5) is 0 Å². The number of para-hydroxylation sites is 2. The van der Waals surface area contributed by atoms with Crippen LogP contribution in [0.5, 0.6) is 11.5 Å². The molecule has 0 bridgehead atoms. The van der Waals surface area contributed by atoms with Gasteiger partial charge in [-0.15, -0.1) is 0 Å². The fourth-order valence-electron chi connectivity index (χ4n) is 2.45. The van der Waals surface area contributed by atoms with E-state index in [0.717, 1.165) is 11.5 Å². The summed E-state index contributed by atoms with van der Waals surface area (Å²) in [5.41, 5.74) is 0.547. The van der Waals surface area contributed by atoms with Gasteiger partial charge in [-0.2, -0.15) is 0 Å². The highest BCUT2D eigenvalue weighted by molar-refractivity contribution is 7.49. The van der Waals surface area contributed by atoms with Crippen molar-refractivity contribution in [1.29, 1.82) is 0 Å². The Morgan fingerprint density at radius 1 is 0.700 bits per heavy atom. The first-order chi connectivity index (χ1) is 9.92. The van der Waals surface area contributed by atoms with Gasteiger partial charge in [0.25, 0.3) is 8.38 Å². The van der Waals surface area contributed by atoms with Gasteiger partial charge in [0.15, 0.2) is 0 Å². The molecule has 0 radical (unpaired) electrons. The van der Waals surface area contributed by atoms with Crippen molar-refractivity contribution in [2.75, 3.05) is 0 Å². The van der Waals surface area contributed by atoms with Crippen LogP contribution in [0.25, 0.3) is 0 Å². The van der Waals surface area contributed by atoms with E-state index in [-0.39, 0.29) is 0 Å². The first-order valence-corrected chi connectivity index (χ1v) is 8.42. The van der Waals surface area contributed by atoms with Crippen LogP contribution in [0.15, 0.2) is 60.7 Å². The Bertz CT molecular complexity index is 468. The van der Waals surface area contributed by atoms with Gasteiger partial charge in [0.2, 0.25) is 0 Å². The molecule has 2 aromatic carbocycles. The van der Waals surface area contributed by atoms with Gasteiger partial charge in [-0.05, 0) is 37.1 Å². The van der Waals surface area contributed by atoms with Crippen molar-refractivity contribution < 1.29 is 9.05 Å². The van der Waals surface area contributed by atoms with Crippen LogP contribution in [0, 0.1) is 0 Å². The third-order valence-corrected chi connectivity index (χ3v) is 5.39. The zero-order valence-electron chi connectivity index (χ0n) is 11.4. The van der Waals surface area contributed by atoms with Crippen molar-refractivity contribution in [3.63, 3.8) is 0 Å². The molecule has 1 fully saturated rings. The molecule has 0 aromatic heterocycles. The number of hydrogen-bond donors (Lipinski definition) is 0. The summed E-state index contributed by atoms with van der Waals surface area (Å²) >= 11 is 0. The largest absolute Gasteiger partial charge is 0.438 e. The molecule has 0 amide bonds. The topological polar surface area (TPSA) is 18.5 Å². The third kappa shape index (κ3) is 3.52. The van der Waals surface area contributed by atoms with E-state index in [9.17, 15) is 0 Å². The van der Waals surface area contributed by atoms with Crippen LogP contribution >= 0.6 is 8.38 Å². The molecule has 2 nitrogen and oxygen atoms in total. The van der Waals surface area contributed by atoms with E-state index >= 15 is 0 Å². The van der Waals surface area contributed by atoms with E-state index in [0.29, 0.717) is 5.66 Å². The molecule has 1 aliphatic carbocycles. The summed E-state index contributed by atoms with van der Waals surface area (Å²) in [6.45, 7) is 0. The van der Waals surface area contributed by atoms with E-state index in [1.165, 1.54) is 25.7 Å². The molecule has 0 unspecified atom stereocenters. The number of rotatable bonds is 5. The van der Waals surface area contributed by atoms with Crippen molar-refractivity contribution in [2.45, 2.75) is 31.3 Å². The Morgan fingerprint density at radius 3 is 1.60 bits per heavy atom. The van der Waals surface area contributed by atoms with Crippen molar-refractivity contribution in [3.05, 3.63) is 60.7 Å². The van der Waals surface area contributed by atoms with Crippen LogP contribution in [-0.4, -0.2) is 5.66 Å². The van der Waals surface area contributed by atoms with E-state index in [2.05, 4.69) is 0 Å². The Labute approximate surface area is 121 Å². The van der Waals surface area contributed by atoms with Gasteiger partial charge in [0.05, 0.1) is 5.66 Å². The second-order valence-corrected chi connectivity index (χ2v) is 6.70. The van der Waals surface area contributed by atoms with Crippen LogP contribution in [0.1, 0.15) is 25.7 Å². The van der Waals surface area contributed by atoms with Crippen LogP contribution in [-0.2, 0) is 0 Å². The minimum absolute atomic E-state index is 0.547. The monoisotopic (exact) mass is 286 g/mol. The number of hydrogen-bond acceptors (Lipinski definition) is 2. The SMILES string of the molecule is c1ccc(OP(Oc2ccccc2)C2CCCC2)cc1. The first-order valence-electron chi connectivity index (χ1n) is 7.17. The number of benzene rings is 2. The van der Waals surface area contributed by atoms with Gasteiger partial charge in [0, 0.05) is 0 Å². The summed E-state index contributed by atoms with van der Waals surface area (Å²) in [6.07, 6.45) is 5.01. The Hall–Kier alpha value is -1.53. The molecule has 0 heterocycles. The van der Waals surface area contributed by atoms with Gasteiger partial charge < -0.3 is 9.05 Å². The Kier molecular flexibility index (Phi) is 4.55. The second-order valence-electron chi connectivity index (χ2n) is 5.03. The lowest BCUT2D eigenvalue weighted by atomic mass is 10.3. The summed E-state index contributed by atoms with van der Waals surface area (Å²) in [4.78, 5) is 0. The van der Waals surface area contributed by atoms with Crippen molar-refractivity contribution in [3.8, 4) is 11.5 Å². The molecule has 1 aliphatic rings. The molecular formula is C17H19O2P. The molecule has 1 saturated carbocycles. The first kappa shape index (κ1) is 13.5. The average molecular weight is 286 g/mol. The smallest absolute Gasteiger partial charge is 0.293 e. The van der Waals surface area contributed by atoms with Crippen molar-refractivity contribution in [1.82, 2.24) is 0 Å². The lowest BCUT2D eigenvalue weighted by Gasteiger charge is -2.23. The fraction of sp³-hybridized carbons (Fsp3) is 0.294. The lowest BCUT2D eigenvalue weighted by Crippen LogP contribution is -2.08. The molecule has 20 heavy (non-hydrogen) atoms. The molecule has 0 N–H and O–H groups in total. The molecular weight excluding hydrogens is 267 g/mol. The van der Waals surface area contributed by atoms with Gasteiger partial charge in [-0.25, -0.2) is 0 Å². The molecule has 0 atom stereocenters. The predicted molar refractivity (Wildman–Crippen MR) is 83.3 cm³/mol. The van der Waals surface area contributed by atoms with Crippen LogP contribution < -0.4 is 9.05 Å². The van der Waals surface area contributed by atoms with E-state index < -0.39 is 8.38 Å². The van der Waals surface area contributed by atoms with Gasteiger partial charge in [-0.1, -0.05) is 49.2 Å². The molecule has 2 aromatic rings. The fourth-order valence-corrected chi connectivity index (χ4v) is 4.23. The quantitative estimate of drug-likeness (QED) is 0.685. The van der Waals surface area contributed by atoms with Crippen LogP contribution in [0.3, 0.4) is 0 Å². The summed E-state index contributed by atoms with van der Waals surface area (Å²) < 4.78 is 12.3. The minimum Gasteiger partial charge on any atom is -0.438 e. The maximum atomic E-state index is 6.14. The van der Waals surface area contributed by atoms with Crippen LogP contribution in [0.2, 0.25) is 0 Å². The lowest BCUT2D eigenvalue weighted by molar-refractivity contribution is 0.473. The molecule has 0 aliphatic heterocycles. The zero-order chi connectivity index (χ0) is 13.6. The highest BCUT2D eigenvalue weighted by Crippen LogP contribution is 2.50. The highest BCUT2D eigenvalue weighted by Gasteiger charge is 2.30. The van der Waals surface area contributed by atoms with E-state index in [4.69, 9.17) is 9.05 Å². The molecule has 104 valence electrons. The average Bonchev–Trinajstić information content (AvgIpc) is 3.03. The summed E-state index contributed by atoms with van der Waals surface area (Å²) in [7, 11) is -0.914. The molecule has 3 heteroatoms. The molecule has 0 spiro atoms. The van der Waals surface area contributed by atoms with Gasteiger partial charge in [0.1, 0.15) is 11.5 Å². The van der Waals surface area contributed by atoms with Crippen molar-refractivity contribution >= 4 is 8.38 Å². The standard InChI is InChI=1S/C17H19O2P/c1-3-9-15(10-4-1)18-20(17-13-7-8-14-17)19-16-11-5-2-6-12-16/h1-6,9-12,17H,7-8,13-14H2. The Morgan fingerprint density at radius 2 is 1.15 bits per heavy atom. The normalized spacial score (nSPS) is 15.4. The van der Waals surface area contributed by atoms with Crippen molar-refractivity contribution in [2.24, 2.45) is 0 Å².